The molecule has 1 aromatic rings. The third kappa shape index (κ3) is 3.28. The molecule has 3 heteroatoms. The number of nitrogens with one attached hydrogen (secondary N) is 1. The highest BCUT2D eigenvalue weighted by atomic mass is 32.1. The average Bonchev–Trinajstić information content (AvgIpc) is 2.62. The second-order valence-corrected chi connectivity index (χ2v) is 5.79. The molecule has 0 aliphatic rings. The zero-order valence-corrected chi connectivity index (χ0v) is 11.2. The lowest BCUT2D eigenvalue weighted by molar-refractivity contribution is 0.327. The number of aromatic nitrogens is 1. The topological polar surface area (TPSA) is 24.9 Å². The fraction of sp³-hybridized carbons (Fsp3) is 0.750. The van der Waals surface area contributed by atoms with E-state index in [2.05, 4.69) is 44.9 Å². The first kappa shape index (κ1) is 12.7. The lowest BCUT2D eigenvalue weighted by atomic mass is 10.0. The molecule has 0 unspecified atom stereocenters. The summed E-state index contributed by atoms with van der Waals surface area (Å²) < 4.78 is 0. The monoisotopic (exact) mass is 226 g/mol. The highest BCUT2D eigenvalue weighted by molar-refractivity contribution is 7.11. The Morgan fingerprint density at radius 1 is 1.40 bits per heavy atom. The van der Waals surface area contributed by atoms with Crippen molar-refractivity contribution >= 4 is 11.3 Å². The lowest BCUT2D eigenvalue weighted by Crippen LogP contribution is -2.43. The molecule has 0 radical (unpaired) electrons. The number of thiazole rings is 1. The summed E-state index contributed by atoms with van der Waals surface area (Å²) in [6, 6.07) is 0.587. The van der Waals surface area contributed by atoms with Crippen LogP contribution < -0.4 is 5.32 Å². The molecular weight excluding hydrogens is 204 g/mol. The third-order valence-corrected chi connectivity index (χ3v) is 3.94. The normalized spacial score (nSPS) is 12.4. The second-order valence-electron chi connectivity index (χ2n) is 4.56. The van der Waals surface area contributed by atoms with E-state index in [1.165, 1.54) is 22.7 Å². The highest BCUT2D eigenvalue weighted by Crippen LogP contribution is 2.25. The molecular formula is C12H22N2S. The minimum atomic E-state index is -0.00435. The summed E-state index contributed by atoms with van der Waals surface area (Å²) in [6.07, 6.45) is 4.30. The zero-order chi connectivity index (χ0) is 11.5. The summed E-state index contributed by atoms with van der Waals surface area (Å²) in [5.74, 6) is 0. The van der Waals surface area contributed by atoms with Crippen LogP contribution in [0.1, 0.15) is 50.4 Å². The Morgan fingerprint density at radius 2 is 2.00 bits per heavy atom. The molecule has 1 aromatic heterocycles. The Balaban J connectivity index is 2.74. The molecule has 0 aliphatic carbocycles. The van der Waals surface area contributed by atoms with E-state index >= 15 is 0 Å². The van der Waals surface area contributed by atoms with E-state index in [4.69, 9.17) is 0 Å². The van der Waals surface area contributed by atoms with Gasteiger partial charge in [-0.3, -0.25) is 0 Å². The van der Waals surface area contributed by atoms with Gasteiger partial charge in [-0.15, -0.1) is 11.3 Å². The summed E-state index contributed by atoms with van der Waals surface area (Å²) in [5.41, 5.74) is -0.00435. The number of nitrogens with zero attached hydrogens (tertiary/aromatic N) is 1. The number of rotatable bonds is 5. The number of aryl methyl sites for hydroxylation is 1. The summed E-state index contributed by atoms with van der Waals surface area (Å²) in [5, 5.41) is 4.86. The van der Waals surface area contributed by atoms with Crippen LogP contribution in [0.3, 0.4) is 0 Å². The summed E-state index contributed by atoms with van der Waals surface area (Å²) in [4.78, 5) is 5.75. The molecule has 0 aliphatic heterocycles. The Morgan fingerprint density at radius 3 is 2.40 bits per heavy atom. The van der Waals surface area contributed by atoms with Crippen molar-refractivity contribution in [2.24, 2.45) is 0 Å². The molecule has 86 valence electrons. The minimum Gasteiger partial charge on any atom is -0.303 e. The highest BCUT2D eigenvalue weighted by Gasteiger charge is 2.25. The molecule has 0 spiro atoms. The number of hydrogen-bond acceptors (Lipinski definition) is 3. The molecule has 1 rings (SSSR count). The predicted octanol–water partition coefficient (Wildman–Crippen LogP) is 3.46. The van der Waals surface area contributed by atoms with Gasteiger partial charge in [0.05, 0.1) is 5.54 Å². The maximum atomic E-state index is 4.47. The SMILES string of the molecule is CCC(CC)NC(C)(C)c1ncc(C)s1. The van der Waals surface area contributed by atoms with E-state index in [0.717, 1.165) is 0 Å². The maximum absolute atomic E-state index is 4.47. The van der Waals surface area contributed by atoms with Crippen molar-refractivity contribution in [3.05, 3.63) is 16.1 Å². The first-order chi connectivity index (χ1) is 6.99. The van der Waals surface area contributed by atoms with Crippen LogP contribution in [0.5, 0.6) is 0 Å². The smallest absolute Gasteiger partial charge is 0.112 e. The quantitative estimate of drug-likeness (QED) is 0.831. The summed E-state index contributed by atoms with van der Waals surface area (Å²) >= 11 is 1.78. The summed E-state index contributed by atoms with van der Waals surface area (Å²) in [6.45, 7) is 11.0. The first-order valence-corrected chi connectivity index (χ1v) is 6.51. The van der Waals surface area contributed by atoms with Gasteiger partial charge in [0.15, 0.2) is 0 Å². The zero-order valence-electron chi connectivity index (χ0n) is 10.4. The van der Waals surface area contributed by atoms with Crippen molar-refractivity contribution < 1.29 is 0 Å². The Labute approximate surface area is 97.1 Å². The van der Waals surface area contributed by atoms with Gasteiger partial charge < -0.3 is 5.32 Å². The van der Waals surface area contributed by atoms with Crippen LogP contribution in [-0.2, 0) is 5.54 Å². The molecule has 0 bridgehead atoms. The Kier molecular flexibility index (Phi) is 4.29. The summed E-state index contributed by atoms with van der Waals surface area (Å²) in [7, 11) is 0. The first-order valence-electron chi connectivity index (χ1n) is 5.70. The van der Waals surface area contributed by atoms with Gasteiger partial charge in [-0.05, 0) is 33.6 Å². The molecule has 1 N–H and O–H groups in total. The van der Waals surface area contributed by atoms with Crippen LogP contribution in [0.2, 0.25) is 0 Å². The molecule has 0 saturated carbocycles. The fourth-order valence-electron chi connectivity index (χ4n) is 1.71. The molecule has 15 heavy (non-hydrogen) atoms. The van der Waals surface area contributed by atoms with E-state index in [9.17, 15) is 0 Å². The van der Waals surface area contributed by atoms with E-state index < -0.39 is 0 Å². The maximum Gasteiger partial charge on any atom is 0.112 e. The lowest BCUT2D eigenvalue weighted by Gasteiger charge is -2.29. The van der Waals surface area contributed by atoms with Crippen molar-refractivity contribution in [3.63, 3.8) is 0 Å². The van der Waals surface area contributed by atoms with Gasteiger partial charge in [0, 0.05) is 17.1 Å². The molecule has 0 saturated heterocycles. The van der Waals surface area contributed by atoms with Gasteiger partial charge >= 0.3 is 0 Å². The van der Waals surface area contributed by atoms with Gasteiger partial charge in [-0.2, -0.15) is 0 Å². The fourth-order valence-corrected chi connectivity index (χ4v) is 2.54. The minimum absolute atomic E-state index is 0.00435. The Hall–Kier alpha value is -0.410. The second kappa shape index (κ2) is 5.08. The van der Waals surface area contributed by atoms with E-state index in [-0.39, 0.29) is 5.54 Å². The van der Waals surface area contributed by atoms with Crippen molar-refractivity contribution in [1.29, 1.82) is 0 Å². The molecule has 0 aromatic carbocycles. The molecule has 0 amide bonds. The van der Waals surface area contributed by atoms with Crippen molar-refractivity contribution in [2.45, 2.75) is 59.0 Å². The van der Waals surface area contributed by atoms with Crippen LogP contribution >= 0.6 is 11.3 Å². The van der Waals surface area contributed by atoms with Crippen LogP contribution in [0.15, 0.2) is 6.20 Å². The average molecular weight is 226 g/mol. The Bertz CT molecular complexity index is 300. The van der Waals surface area contributed by atoms with Gasteiger partial charge in [-0.25, -0.2) is 4.98 Å². The molecule has 1 heterocycles. The predicted molar refractivity (Wildman–Crippen MR) is 67.4 cm³/mol. The van der Waals surface area contributed by atoms with Gasteiger partial charge in [-0.1, -0.05) is 13.8 Å². The molecule has 0 fully saturated rings. The van der Waals surface area contributed by atoms with Crippen LogP contribution in [0.25, 0.3) is 0 Å². The van der Waals surface area contributed by atoms with Crippen molar-refractivity contribution in [3.8, 4) is 0 Å². The third-order valence-electron chi connectivity index (χ3n) is 2.71. The largest absolute Gasteiger partial charge is 0.303 e. The van der Waals surface area contributed by atoms with Crippen molar-refractivity contribution in [2.75, 3.05) is 0 Å². The van der Waals surface area contributed by atoms with Crippen LogP contribution in [0.4, 0.5) is 0 Å². The standard InChI is InChI=1S/C12H22N2S/c1-6-10(7-2)14-12(4,5)11-13-8-9(3)15-11/h8,10,14H,6-7H2,1-5H3. The van der Waals surface area contributed by atoms with Crippen LogP contribution in [0, 0.1) is 6.92 Å². The molecule has 2 nitrogen and oxygen atoms in total. The van der Waals surface area contributed by atoms with E-state index in [1.807, 2.05) is 6.20 Å². The van der Waals surface area contributed by atoms with Crippen LogP contribution in [-0.4, -0.2) is 11.0 Å². The number of hydrogen-bond donors (Lipinski definition) is 1. The van der Waals surface area contributed by atoms with Crippen molar-refractivity contribution in [1.82, 2.24) is 10.3 Å². The van der Waals surface area contributed by atoms with E-state index in [1.54, 1.807) is 11.3 Å². The van der Waals surface area contributed by atoms with E-state index in [0.29, 0.717) is 6.04 Å². The van der Waals surface area contributed by atoms with Gasteiger partial charge in [0.2, 0.25) is 0 Å². The van der Waals surface area contributed by atoms with Gasteiger partial charge in [0.25, 0.3) is 0 Å². The van der Waals surface area contributed by atoms with Gasteiger partial charge in [0.1, 0.15) is 5.01 Å². The molecule has 0 atom stereocenters.